The van der Waals surface area contributed by atoms with E-state index < -0.39 is 0 Å². The highest BCUT2D eigenvalue weighted by molar-refractivity contribution is 6.31. The van der Waals surface area contributed by atoms with Crippen LogP contribution in [0.2, 0.25) is 15.1 Å². The molecule has 0 bridgehead atoms. The number of carbonyl (C=O) groups excluding carboxylic acids is 3. The molecule has 1 atom stereocenters. The Hall–Kier alpha value is -7.11. The first kappa shape index (κ1) is 59.1. The zero-order valence-electron chi connectivity index (χ0n) is 47.0. The van der Waals surface area contributed by atoms with E-state index in [1.54, 1.807) is 0 Å². The van der Waals surface area contributed by atoms with Crippen molar-refractivity contribution < 1.29 is 19.1 Å². The second kappa shape index (κ2) is 28.9. The quantitative estimate of drug-likeness (QED) is 0.0724. The molecule has 4 aromatic carbocycles. The molecule has 3 amide bonds. The summed E-state index contributed by atoms with van der Waals surface area (Å²) in [6, 6.07) is 33.3. The minimum Gasteiger partial charge on any atom is -0.379 e. The maximum absolute atomic E-state index is 13.0. The van der Waals surface area contributed by atoms with Crippen molar-refractivity contribution in [2.45, 2.75) is 109 Å². The molecule has 3 aliphatic carbocycles. The molecule has 12 rings (SSSR count). The number of aromatic amines is 3. The highest BCUT2D eigenvalue weighted by atomic mass is 35.5. The van der Waals surface area contributed by atoms with Crippen LogP contribution in [0.5, 0.6) is 0 Å². The number of rotatable bonds is 10. The second-order valence-electron chi connectivity index (χ2n) is 21.7. The lowest BCUT2D eigenvalue weighted by molar-refractivity contribution is 0.0124. The van der Waals surface area contributed by atoms with Crippen molar-refractivity contribution in [1.82, 2.24) is 56.8 Å². The van der Waals surface area contributed by atoms with E-state index in [1.807, 2.05) is 120 Å². The van der Waals surface area contributed by atoms with Crippen LogP contribution in [-0.4, -0.2) is 97.7 Å². The molecule has 6 N–H and O–H groups in total. The number of allylic oxidation sites excluding steroid dienone is 3. The predicted octanol–water partition coefficient (Wildman–Crippen LogP) is 13.6. The number of carbonyl (C=O) groups is 3. The van der Waals surface area contributed by atoms with Crippen molar-refractivity contribution >= 4 is 87.5 Å². The van der Waals surface area contributed by atoms with Crippen LogP contribution in [0.25, 0.3) is 34.9 Å². The molecule has 15 nitrogen and oxygen atoms in total. The first-order valence-electron chi connectivity index (χ1n) is 29.2. The Bertz CT molecular complexity index is 3270. The molecule has 432 valence electrons. The maximum atomic E-state index is 13.0. The predicted molar refractivity (Wildman–Crippen MR) is 331 cm³/mol. The first-order chi connectivity index (χ1) is 40.5. The number of ether oxygens (including phenoxy) is 1. The van der Waals surface area contributed by atoms with Gasteiger partial charge in [0.1, 0.15) is 17.1 Å². The van der Waals surface area contributed by atoms with Gasteiger partial charge in [-0.3, -0.25) is 40.5 Å². The monoisotopic (exact) mass is 1180 g/mol. The van der Waals surface area contributed by atoms with Crippen LogP contribution >= 0.6 is 34.8 Å². The largest absolute Gasteiger partial charge is 0.379 e. The van der Waals surface area contributed by atoms with Gasteiger partial charge >= 0.3 is 0 Å². The minimum atomic E-state index is -0.126. The maximum Gasteiger partial charge on any atom is 0.283 e. The molecular weight excluding hydrogens is 1110 g/mol. The molecule has 5 aliphatic rings. The van der Waals surface area contributed by atoms with Gasteiger partial charge in [0.05, 0.1) is 36.3 Å². The molecule has 5 heterocycles. The standard InChI is InChI=1S/C24H24ClN3O.C21H25ClN4O.C20H23ClN4O2/c1-16(18-7-3-2-4-8-18)26-24(29)23-21-10-6-5-9-19(22(21)27-28-23)15-17-11-13-20(25)14-12-17;22-17-10-8-15(9-11-17)14-16-6-2-3-7-18-19(16)23-24-20(18)21(27)25-26-12-4-1-5-13-26;21-16-7-5-14(6-8-16)13-15-3-1-2-4-17-18(15)22-23-19(17)20(26)24-25-9-11-27-12-10-25/h2-4,7-8,11-16H,5-6,9-10H2,1H3,(H,26,29)(H,27,28);8-11,14H,1-7,12-13H2,(H,23,24)(H,25,27);5-8,13H,1-4,9-12H2,(H,22,23)(H,24,26)/b19-15+;16-14+;15-13+/t16-;;/m0../s1. The van der Waals surface area contributed by atoms with Gasteiger partial charge in [0, 0.05) is 57.9 Å². The summed E-state index contributed by atoms with van der Waals surface area (Å²) in [5, 5.41) is 31.8. The minimum absolute atomic E-state index is 0.0709. The third-order valence-corrected chi connectivity index (χ3v) is 16.5. The van der Waals surface area contributed by atoms with Crippen LogP contribution in [0, 0.1) is 0 Å². The van der Waals surface area contributed by atoms with E-state index in [0.717, 1.165) is 185 Å². The first-order valence-corrected chi connectivity index (χ1v) is 30.3. The number of hydrazine groups is 2. The second-order valence-corrected chi connectivity index (χ2v) is 23.0. The van der Waals surface area contributed by atoms with Gasteiger partial charge in [0.2, 0.25) is 0 Å². The van der Waals surface area contributed by atoms with Crippen LogP contribution in [0.4, 0.5) is 0 Å². The van der Waals surface area contributed by atoms with Crippen LogP contribution in [0.3, 0.4) is 0 Å². The van der Waals surface area contributed by atoms with E-state index >= 15 is 0 Å². The fourth-order valence-electron chi connectivity index (χ4n) is 11.3. The van der Waals surface area contributed by atoms with Gasteiger partial charge in [0.25, 0.3) is 17.7 Å². The average molecular weight is 1180 g/mol. The zero-order chi connectivity index (χ0) is 57.5. The molecule has 3 aromatic heterocycles. The summed E-state index contributed by atoms with van der Waals surface area (Å²) in [7, 11) is 0. The van der Waals surface area contributed by atoms with Gasteiger partial charge < -0.3 is 10.1 Å². The van der Waals surface area contributed by atoms with E-state index in [-0.39, 0.29) is 23.8 Å². The van der Waals surface area contributed by atoms with Gasteiger partial charge in [0.15, 0.2) is 0 Å². The Morgan fingerprint density at radius 2 is 0.831 bits per heavy atom. The molecule has 0 saturated carbocycles. The van der Waals surface area contributed by atoms with Crippen LogP contribution in [0.15, 0.2) is 103 Å². The van der Waals surface area contributed by atoms with E-state index in [0.29, 0.717) is 43.4 Å². The Morgan fingerprint density at radius 3 is 1.23 bits per heavy atom. The molecule has 7 aromatic rings. The number of hydrogen-bond acceptors (Lipinski definition) is 9. The van der Waals surface area contributed by atoms with Gasteiger partial charge in [-0.2, -0.15) is 15.3 Å². The number of fused-ring (bicyclic) bond motifs is 3. The summed E-state index contributed by atoms with van der Waals surface area (Å²) >= 11 is 18.0. The topological polar surface area (TPSA) is 189 Å². The Labute approximate surface area is 500 Å². The third kappa shape index (κ3) is 15.8. The average Bonchev–Trinajstić information content (AvgIpc) is 3.48. The van der Waals surface area contributed by atoms with Crippen molar-refractivity contribution in [1.29, 1.82) is 0 Å². The van der Waals surface area contributed by atoms with Gasteiger partial charge in [-0.15, -0.1) is 0 Å². The van der Waals surface area contributed by atoms with Gasteiger partial charge in [-0.25, -0.2) is 10.0 Å². The number of hydrogen-bond donors (Lipinski definition) is 6. The molecule has 2 aliphatic heterocycles. The third-order valence-electron chi connectivity index (χ3n) is 15.7. The lowest BCUT2D eigenvalue weighted by Gasteiger charge is -2.26. The van der Waals surface area contributed by atoms with E-state index in [4.69, 9.17) is 39.5 Å². The van der Waals surface area contributed by atoms with Crippen molar-refractivity contribution in [3.63, 3.8) is 0 Å². The summed E-state index contributed by atoms with van der Waals surface area (Å²) in [5.41, 5.74) is 21.5. The molecule has 83 heavy (non-hydrogen) atoms. The molecule has 2 fully saturated rings. The number of aromatic nitrogens is 6. The van der Waals surface area contributed by atoms with Crippen LogP contribution in [0.1, 0.15) is 178 Å². The lowest BCUT2D eigenvalue weighted by Crippen LogP contribution is -2.48. The van der Waals surface area contributed by atoms with Crippen LogP contribution in [-0.2, 0) is 24.0 Å². The summed E-state index contributed by atoms with van der Waals surface area (Å²) in [4.78, 5) is 38.5. The number of nitrogens with zero attached hydrogens (tertiary/aromatic N) is 5. The summed E-state index contributed by atoms with van der Waals surface area (Å²) in [5.74, 6) is -0.306. The van der Waals surface area contributed by atoms with E-state index in [1.165, 1.54) is 12.0 Å². The number of morpholine rings is 1. The van der Waals surface area contributed by atoms with Gasteiger partial charge in [-0.05, 0) is 190 Å². The molecule has 18 heteroatoms. The fraction of sp³-hybridized carbons (Fsp3) is 0.354. The number of piperidine rings is 1. The molecule has 0 spiro atoms. The van der Waals surface area contributed by atoms with Crippen LogP contribution < -0.4 is 16.2 Å². The molecular formula is C65H72Cl3N11O4. The molecule has 0 radical (unpaired) electrons. The smallest absolute Gasteiger partial charge is 0.283 e. The van der Waals surface area contributed by atoms with Crippen molar-refractivity contribution in [2.24, 2.45) is 0 Å². The summed E-state index contributed by atoms with van der Waals surface area (Å²) in [6.45, 7) is 6.50. The van der Waals surface area contributed by atoms with E-state index in [2.05, 4.69) is 65.0 Å². The number of nitrogens with one attached hydrogen (secondary N) is 6. The zero-order valence-corrected chi connectivity index (χ0v) is 49.2. The number of H-pyrrole nitrogens is 3. The molecule has 0 unspecified atom stereocenters. The SMILES string of the molecule is C[C@H](NC(=O)c1[nH]nc2c1CCCC/C2=C\c1ccc(Cl)cc1)c1ccccc1.O=C(NN1CCCCC1)c1[nH]nc2c1CCCC/C2=C\c1ccc(Cl)cc1.O=C(NN1CCOCC1)c1[nH]nc2c1CCCC/C2=C\c1ccc(Cl)cc1. The molecule has 2 saturated heterocycles. The van der Waals surface area contributed by atoms with E-state index in [9.17, 15) is 14.4 Å². The summed E-state index contributed by atoms with van der Waals surface area (Å²) in [6.07, 6.45) is 21.8. The van der Waals surface area contributed by atoms with Crippen molar-refractivity contribution in [3.05, 3.63) is 191 Å². The normalized spacial score (nSPS) is 18.3. The number of benzene rings is 4. The van der Waals surface area contributed by atoms with Gasteiger partial charge in [-0.1, -0.05) is 108 Å². The number of amides is 3. The Morgan fingerprint density at radius 1 is 0.470 bits per heavy atom. The lowest BCUT2D eigenvalue weighted by atomic mass is 10.0. The Kier molecular flexibility index (Phi) is 20.6. The fourth-order valence-corrected chi connectivity index (χ4v) is 11.6. The van der Waals surface area contributed by atoms with Crippen molar-refractivity contribution in [3.8, 4) is 0 Å². The summed E-state index contributed by atoms with van der Waals surface area (Å²) < 4.78 is 5.33. The highest BCUT2D eigenvalue weighted by Gasteiger charge is 2.28. The highest BCUT2D eigenvalue weighted by Crippen LogP contribution is 2.35. The Balaban J connectivity index is 0.000000139. The van der Waals surface area contributed by atoms with Crippen molar-refractivity contribution in [2.75, 3.05) is 39.4 Å². The number of halogens is 3.